The van der Waals surface area contributed by atoms with Crippen LogP contribution in [0, 0.1) is 6.92 Å². The van der Waals surface area contributed by atoms with Gasteiger partial charge in [-0.3, -0.25) is 4.79 Å². The van der Waals surface area contributed by atoms with Crippen molar-refractivity contribution in [2.24, 2.45) is 4.99 Å². The van der Waals surface area contributed by atoms with Crippen LogP contribution in [0.2, 0.25) is 0 Å². The van der Waals surface area contributed by atoms with E-state index >= 15 is 0 Å². The number of nitrogens with zero attached hydrogens (tertiary/aromatic N) is 1. The highest BCUT2D eigenvalue weighted by atomic mass is 79.9. The zero-order valence-corrected chi connectivity index (χ0v) is 16.6. The van der Waals surface area contributed by atoms with Crippen molar-refractivity contribution in [2.75, 3.05) is 6.61 Å². The molecular weight excluding hydrogens is 412 g/mol. The fraction of sp³-hybridized carbons (Fsp3) is 0.100. The number of benzene rings is 2. The molecule has 0 unspecified atom stereocenters. The summed E-state index contributed by atoms with van der Waals surface area (Å²) in [5, 5.41) is 3.37. The molecule has 0 bridgehead atoms. The smallest absolute Gasteiger partial charge is 0.264 e. The summed E-state index contributed by atoms with van der Waals surface area (Å²) in [5.41, 5.74) is 2.78. The van der Waals surface area contributed by atoms with Crippen LogP contribution < -0.4 is 10.1 Å². The first kappa shape index (κ1) is 18.5. The maximum absolute atomic E-state index is 12.3. The van der Waals surface area contributed by atoms with E-state index in [0.29, 0.717) is 22.4 Å². The zero-order valence-electron chi connectivity index (χ0n) is 14.2. The van der Waals surface area contributed by atoms with Crippen molar-refractivity contribution < 1.29 is 9.53 Å². The van der Waals surface area contributed by atoms with Crippen LogP contribution >= 0.6 is 27.7 Å². The van der Waals surface area contributed by atoms with Crippen LogP contribution in [-0.2, 0) is 4.79 Å². The van der Waals surface area contributed by atoms with Gasteiger partial charge in [0.15, 0.2) is 5.17 Å². The molecule has 0 aliphatic carbocycles. The third-order valence-corrected chi connectivity index (χ3v) is 4.93. The van der Waals surface area contributed by atoms with E-state index in [0.717, 1.165) is 15.7 Å². The van der Waals surface area contributed by atoms with Crippen molar-refractivity contribution in [3.63, 3.8) is 0 Å². The van der Waals surface area contributed by atoms with Gasteiger partial charge in [0.25, 0.3) is 5.91 Å². The summed E-state index contributed by atoms with van der Waals surface area (Å²) < 4.78 is 6.58. The number of carbonyl (C=O) groups is 1. The third-order valence-electron chi connectivity index (χ3n) is 3.53. The van der Waals surface area contributed by atoms with E-state index in [1.54, 1.807) is 12.2 Å². The molecule has 1 N–H and O–H groups in total. The van der Waals surface area contributed by atoms with Crippen LogP contribution in [-0.4, -0.2) is 17.7 Å². The summed E-state index contributed by atoms with van der Waals surface area (Å²) in [5.74, 6) is 0.522. The Kier molecular flexibility index (Phi) is 5.96. The fourth-order valence-electron chi connectivity index (χ4n) is 2.27. The Morgan fingerprint density at radius 2 is 2.04 bits per heavy atom. The number of carbonyl (C=O) groups excluding carboxylic acids is 1. The number of aliphatic imine (C=N–C) groups is 1. The van der Waals surface area contributed by atoms with Gasteiger partial charge in [-0.25, -0.2) is 4.99 Å². The monoisotopic (exact) mass is 428 g/mol. The fourth-order valence-corrected chi connectivity index (χ4v) is 3.48. The molecule has 1 heterocycles. The third kappa shape index (κ3) is 4.65. The topological polar surface area (TPSA) is 50.7 Å². The van der Waals surface area contributed by atoms with Gasteiger partial charge >= 0.3 is 0 Å². The second-order valence-corrected chi connectivity index (χ2v) is 7.55. The van der Waals surface area contributed by atoms with E-state index in [-0.39, 0.29) is 5.91 Å². The molecule has 2 aromatic carbocycles. The predicted octanol–water partition coefficient (Wildman–Crippen LogP) is 5.21. The molecule has 0 radical (unpaired) electrons. The van der Waals surface area contributed by atoms with Crippen molar-refractivity contribution in [2.45, 2.75) is 6.92 Å². The number of rotatable bonds is 5. The first-order valence-corrected chi connectivity index (χ1v) is 9.55. The van der Waals surface area contributed by atoms with Gasteiger partial charge in [0, 0.05) is 10.0 Å². The number of aryl methyl sites for hydroxylation is 1. The minimum Gasteiger partial charge on any atom is -0.489 e. The van der Waals surface area contributed by atoms with Gasteiger partial charge in [-0.15, -0.1) is 0 Å². The molecule has 0 atom stereocenters. The summed E-state index contributed by atoms with van der Waals surface area (Å²) in [7, 11) is 0. The van der Waals surface area contributed by atoms with E-state index in [1.165, 1.54) is 17.3 Å². The summed E-state index contributed by atoms with van der Waals surface area (Å²) in [6, 6.07) is 13.5. The number of amidine groups is 1. The lowest BCUT2D eigenvalue weighted by Crippen LogP contribution is -2.19. The van der Waals surface area contributed by atoms with Crippen molar-refractivity contribution in [1.29, 1.82) is 0 Å². The molecule has 1 saturated heterocycles. The van der Waals surface area contributed by atoms with Gasteiger partial charge in [0.2, 0.25) is 0 Å². The number of hydrogen-bond donors (Lipinski definition) is 1. The first-order chi connectivity index (χ1) is 12.5. The van der Waals surface area contributed by atoms with Gasteiger partial charge in [-0.05, 0) is 55.1 Å². The zero-order chi connectivity index (χ0) is 18.5. The number of halogens is 1. The summed E-state index contributed by atoms with van der Waals surface area (Å²) in [4.78, 5) is 17.3. The molecule has 0 aromatic heterocycles. The lowest BCUT2D eigenvalue weighted by Gasteiger charge is -2.08. The van der Waals surface area contributed by atoms with Crippen LogP contribution in [0.5, 0.6) is 5.75 Å². The molecule has 26 heavy (non-hydrogen) atoms. The van der Waals surface area contributed by atoms with Crippen LogP contribution in [0.15, 0.2) is 69.5 Å². The number of amides is 1. The lowest BCUT2D eigenvalue weighted by molar-refractivity contribution is -0.115. The molecule has 0 saturated carbocycles. The molecule has 1 aliphatic rings. The maximum Gasteiger partial charge on any atom is 0.264 e. The molecule has 6 heteroatoms. The second-order valence-electron chi connectivity index (χ2n) is 5.60. The van der Waals surface area contributed by atoms with Crippen molar-refractivity contribution >= 4 is 50.5 Å². The van der Waals surface area contributed by atoms with Crippen molar-refractivity contribution in [1.82, 2.24) is 5.32 Å². The van der Waals surface area contributed by atoms with E-state index in [9.17, 15) is 4.79 Å². The second kappa shape index (κ2) is 8.38. The number of ether oxygens (including phenoxy) is 1. The van der Waals surface area contributed by atoms with Crippen LogP contribution in [0.3, 0.4) is 0 Å². The van der Waals surface area contributed by atoms with Crippen LogP contribution in [0.1, 0.15) is 11.1 Å². The average molecular weight is 429 g/mol. The Morgan fingerprint density at radius 1 is 1.27 bits per heavy atom. The minimum absolute atomic E-state index is 0.171. The normalized spacial score (nSPS) is 16.8. The predicted molar refractivity (Wildman–Crippen MR) is 112 cm³/mol. The highest BCUT2D eigenvalue weighted by Gasteiger charge is 2.24. The Labute approximate surface area is 165 Å². The highest BCUT2D eigenvalue weighted by molar-refractivity contribution is 9.10. The van der Waals surface area contributed by atoms with E-state index in [4.69, 9.17) is 4.74 Å². The van der Waals surface area contributed by atoms with Gasteiger partial charge in [0.05, 0.1) is 10.6 Å². The maximum atomic E-state index is 12.3. The SMILES string of the molecule is C=CCOc1ccc(Br)cc1/C=C1\SC(=Nc2ccc(C)cc2)NC1=O. The minimum atomic E-state index is -0.171. The molecular formula is C20H17BrN2O2S. The van der Waals surface area contributed by atoms with Gasteiger partial charge in [0.1, 0.15) is 12.4 Å². The Hall–Kier alpha value is -2.31. The Balaban J connectivity index is 1.86. The lowest BCUT2D eigenvalue weighted by atomic mass is 10.2. The molecule has 0 spiro atoms. The van der Waals surface area contributed by atoms with Gasteiger partial charge in [-0.2, -0.15) is 0 Å². The molecule has 1 fully saturated rings. The quantitative estimate of drug-likeness (QED) is 0.524. The van der Waals surface area contributed by atoms with Crippen molar-refractivity contribution in [3.8, 4) is 5.75 Å². The summed E-state index contributed by atoms with van der Waals surface area (Å²) in [6.07, 6.45) is 3.49. The standard InChI is InChI=1S/C20H17BrN2O2S/c1-3-10-25-17-9-6-15(21)11-14(17)12-18-19(24)23-20(26-18)22-16-7-4-13(2)5-8-16/h3-9,11-12H,1,10H2,2H3,(H,22,23,24)/b18-12-. The van der Waals surface area contributed by atoms with Crippen LogP contribution in [0.25, 0.3) is 6.08 Å². The first-order valence-electron chi connectivity index (χ1n) is 7.94. The average Bonchev–Trinajstić information content (AvgIpc) is 2.95. The summed E-state index contributed by atoms with van der Waals surface area (Å²) >= 11 is 4.77. The molecule has 3 rings (SSSR count). The molecule has 4 nitrogen and oxygen atoms in total. The highest BCUT2D eigenvalue weighted by Crippen LogP contribution is 2.32. The number of thioether (sulfide) groups is 1. The van der Waals surface area contributed by atoms with Crippen molar-refractivity contribution in [3.05, 3.63) is 75.6 Å². The molecule has 1 aliphatic heterocycles. The van der Waals surface area contributed by atoms with E-state index < -0.39 is 0 Å². The molecule has 132 valence electrons. The van der Waals surface area contributed by atoms with E-state index in [2.05, 4.69) is 32.8 Å². The summed E-state index contributed by atoms with van der Waals surface area (Å²) in [6.45, 7) is 6.08. The largest absolute Gasteiger partial charge is 0.489 e. The van der Waals surface area contributed by atoms with E-state index in [1.807, 2.05) is 49.4 Å². The number of nitrogens with one attached hydrogen (secondary N) is 1. The van der Waals surface area contributed by atoms with Crippen LogP contribution in [0.4, 0.5) is 5.69 Å². The van der Waals surface area contributed by atoms with Gasteiger partial charge < -0.3 is 10.1 Å². The molecule has 2 aromatic rings. The Bertz CT molecular complexity index is 905. The molecule has 1 amide bonds. The van der Waals surface area contributed by atoms with Gasteiger partial charge in [-0.1, -0.05) is 46.3 Å². The number of hydrogen-bond acceptors (Lipinski definition) is 4. The Morgan fingerprint density at radius 3 is 2.77 bits per heavy atom.